The first kappa shape index (κ1) is 18.7. The summed E-state index contributed by atoms with van der Waals surface area (Å²) >= 11 is 12.3. The highest BCUT2D eigenvalue weighted by Crippen LogP contribution is 2.46. The smallest absolute Gasteiger partial charge is 0.220 e. The van der Waals surface area contributed by atoms with Gasteiger partial charge in [-0.25, -0.2) is 0 Å². The molecule has 0 aliphatic carbocycles. The molecule has 0 unspecified atom stereocenters. The Kier molecular flexibility index (Phi) is 5.84. The number of piperidine rings is 1. The number of carbonyl (C=O) groups is 2. The third-order valence-corrected chi connectivity index (χ3v) is 5.42. The van der Waals surface area contributed by atoms with Crippen LogP contribution in [0.5, 0.6) is 0 Å². The molecule has 1 aliphatic rings. The molecule has 2 amide bonds. The summed E-state index contributed by atoms with van der Waals surface area (Å²) in [7, 11) is 0. The second kappa shape index (κ2) is 8.11. The van der Waals surface area contributed by atoms with Gasteiger partial charge in [0.25, 0.3) is 0 Å². The zero-order valence-corrected chi connectivity index (χ0v) is 15.8. The maximum atomic E-state index is 12.3. The highest BCUT2D eigenvalue weighted by molar-refractivity contribution is 6.31. The van der Waals surface area contributed by atoms with Crippen LogP contribution in [0.1, 0.15) is 42.9 Å². The summed E-state index contributed by atoms with van der Waals surface area (Å²) in [6.07, 6.45) is 1.94. The highest BCUT2D eigenvalue weighted by Gasteiger charge is 2.38. The fraction of sp³-hybridized carbons (Fsp3) is 0.300. The maximum absolute atomic E-state index is 12.3. The SMILES string of the molecule is CC[C@H]1CC(=O)N[C@@H](c2cccc(Cl)c2)[C@H]1c1ccc(Cl)cc1NC=O. The van der Waals surface area contributed by atoms with E-state index in [9.17, 15) is 9.59 Å². The number of benzene rings is 2. The van der Waals surface area contributed by atoms with Gasteiger partial charge in [0.15, 0.2) is 0 Å². The van der Waals surface area contributed by atoms with E-state index < -0.39 is 0 Å². The van der Waals surface area contributed by atoms with Crippen LogP contribution in [0.15, 0.2) is 42.5 Å². The topological polar surface area (TPSA) is 58.2 Å². The first-order chi connectivity index (χ1) is 12.5. The van der Waals surface area contributed by atoms with Crippen molar-refractivity contribution in [3.05, 3.63) is 63.6 Å². The van der Waals surface area contributed by atoms with Crippen LogP contribution in [0.3, 0.4) is 0 Å². The zero-order chi connectivity index (χ0) is 18.7. The summed E-state index contributed by atoms with van der Waals surface area (Å²) in [5.74, 6) is 0.161. The number of hydrogen-bond acceptors (Lipinski definition) is 2. The summed E-state index contributed by atoms with van der Waals surface area (Å²) in [4.78, 5) is 23.4. The predicted molar refractivity (Wildman–Crippen MR) is 105 cm³/mol. The van der Waals surface area contributed by atoms with Gasteiger partial charge in [-0.3, -0.25) is 9.59 Å². The Morgan fingerprint density at radius 3 is 2.65 bits per heavy atom. The van der Waals surface area contributed by atoms with Crippen LogP contribution in [0.2, 0.25) is 10.0 Å². The van der Waals surface area contributed by atoms with Crippen molar-refractivity contribution in [2.45, 2.75) is 31.7 Å². The average molecular weight is 391 g/mol. The van der Waals surface area contributed by atoms with Crippen LogP contribution in [-0.2, 0) is 9.59 Å². The van der Waals surface area contributed by atoms with Gasteiger partial charge in [0, 0.05) is 28.1 Å². The van der Waals surface area contributed by atoms with Gasteiger partial charge in [0.1, 0.15) is 0 Å². The lowest BCUT2D eigenvalue weighted by Gasteiger charge is -2.39. The Morgan fingerprint density at radius 1 is 1.19 bits per heavy atom. The van der Waals surface area contributed by atoms with Crippen LogP contribution >= 0.6 is 23.2 Å². The summed E-state index contributed by atoms with van der Waals surface area (Å²) in [5.41, 5.74) is 2.57. The zero-order valence-electron chi connectivity index (χ0n) is 14.3. The molecule has 2 aromatic carbocycles. The van der Waals surface area contributed by atoms with Gasteiger partial charge in [0.2, 0.25) is 12.3 Å². The third kappa shape index (κ3) is 3.87. The molecule has 0 bridgehead atoms. The number of carbonyl (C=O) groups excluding carboxylic acids is 2. The van der Waals surface area contributed by atoms with Crippen LogP contribution < -0.4 is 10.6 Å². The Labute approximate surface area is 162 Å². The number of nitrogens with one attached hydrogen (secondary N) is 2. The lowest BCUT2D eigenvalue weighted by molar-refractivity contribution is -0.125. The fourth-order valence-electron chi connectivity index (χ4n) is 3.79. The van der Waals surface area contributed by atoms with Gasteiger partial charge in [-0.15, -0.1) is 0 Å². The molecule has 1 fully saturated rings. The lowest BCUT2D eigenvalue weighted by Crippen LogP contribution is -2.42. The molecule has 3 atom stereocenters. The number of halogens is 2. The van der Waals surface area contributed by atoms with Gasteiger partial charge in [0.05, 0.1) is 6.04 Å². The minimum Gasteiger partial charge on any atom is -0.349 e. The Morgan fingerprint density at radius 2 is 1.96 bits per heavy atom. The molecule has 0 spiro atoms. The van der Waals surface area contributed by atoms with Crippen molar-refractivity contribution in [2.24, 2.45) is 5.92 Å². The number of anilines is 1. The first-order valence-electron chi connectivity index (χ1n) is 8.58. The van der Waals surface area contributed by atoms with E-state index in [1.54, 1.807) is 6.07 Å². The highest BCUT2D eigenvalue weighted by atomic mass is 35.5. The van der Waals surface area contributed by atoms with Crippen molar-refractivity contribution in [3.8, 4) is 0 Å². The van der Waals surface area contributed by atoms with E-state index >= 15 is 0 Å². The fourth-order valence-corrected chi connectivity index (χ4v) is 4.16. The summed E-state index contributed by atoms with van der Waals surface area (Å²) in [6.45, 7) is 2.08. The Bertz CT molecular complexity index is 825. The molecular weight excluding hydrogens is 371 g/mol. The first-order valence-corrected chi connectivity index (χ1v) is 9.33. The van der Waals surface area contributed by atoms with Crippen molar-refractivity contribution < 1.29 is 9.59 Å². The standard InChI is InChI=1S/C20H20Cl2N2O2/c1-2-12-9-18(26)24-20(13-4-3-5-14(21)8-13)19(12)16-7-6-15(22)10-17(16)23-11-25/h3-8,10-12,19-20H,2,9H2,1H3,(H,23,25)(H,24,26)/t12-,19+,20-/m0/s1. The molecule has 0 saturated carbocycles. The van der Waals surface area contributed by atoms with E-state index in [2.05, 4.69) is 17.6 Å². The molecule has 2 N–H and O–H groups in total. The molecular formula is C20H20Cl2N2O2. The van der Waals surface area contributed by atoms with E-state index in [-0.39, 0.29) is 23.8 Å². The molecule has 0 radical (unpaired) electrons. The van der Waals surface area contributed by atoms with E-state index in [0.717, 1.165) is 17.5 Å². The number of amides is 2. The van der Waals surface area contributed by atoms with Crippen LogP contribution in [-0.4, -0.2) is 12.3 Å². The summed E-state index contributed by atoms with van der Waals surface area (Å²) in [5, 5.41) is 7.03. The molecule has 4 nitrogen and oxygen atoms in total. The van der Waals surface area contributed by atoms with Gasteiger partial charge in [-0.05, 0) is 41.3 Å². The molecule has 136 valence electrons. The summed E-state index contributed by atoms with van der Waals surface area (Å²) < 4.78 is 0. The van der Waals surface area contributed by atoms with E-state index in [4.69, 9.17) is 23.2 Å². The van der Waals surface area contributed by atoms with Gasteiger partial charge in [-0.1, -0.05) is 54.7 Å². The second-order valence-electron chi connectivity index (χ2n) is 6.49. The molecule has 1 aliphatic heterocycles. The minimum atomic E-state index is -0.228. The van der Waals surface area contributed by atoms with Crippen molar-refractivity contribution in [2.75, 3.05) is 5.32 Å². The van der Waals surface area contributed by atoms with E-state index in [1.165, 1.54) is 0 Å². The number of hydrogen-bond donors (Lipinski definition) is 2. The second-order valence-corrected chi connectivity index (χ2v) is 7.37. The van der Waals surface area contributed by atoms with Crippen LogP contribution in [0.25, 0.3) is 0 Å². The molecule has 26 heavy (non-hydrogen) atoms. The normalized spacial score (nSPS) is 22.6. The van der Waals surface area contributed by atoms with Gasteiger partial charge < -0.3 is 10.6 Å². The predicted octanol–water partition coefficient (Wildman–Crippen LogP) is 4.93. The van der Waals surface area contributed by atoms with E-state index in [1.807, 2.05) is 36.4 Å². The Hall–Kier alpha value is -2.04. The summed E-state index contributed by atoms with van der Waals surface area (Å²) in [6, 6.07) is 12.8. The van der Waals surface area contributed by atoms with Crippen LogP contribution in [0, 0.1) is 5.92 Å². The molecule has 1 saturated heterocycles. The third-order valence-electron chi connectivity index (χ3n) is 4.95. The van der Waals surface area contributed by atoms with Gasteiger partial charge in [-0.2, -0.15) is 0 Å². The molecule has 2 aromatic rings. The Balaban J connectivity index is 2.12. The van der Waals surface area contributed by atoms with Crippen molar-refractivity contribution in [1.29, 1.82) is 0 Å². The molecule has 3 rings (SSSR count). The molecule has 1 heterocycles. The van der Waals surface area contributed by atoms with Gasteiger partial charge >= 0.3 is 0 Å². The van der Waals surface area contributed by atoms with Crippen molar-refractivity contribution in [1.82, 2.24) is 5.32 Å². The maximum Gasteiger partial charge on any atom is 0.220 e. The minimum absolute atomic E-state index is 0.00381. The monoisotopic (exact) mass is 390 g/mol. The van der Waals surface area contributed by atoms with Crippen molar-refractivity contribution >= 4 is 41.2 Å². The quantitative estimate of drug-likeness (QED) is 0.710. The molecule has 6 heteroatoms. The van der Waals surface area contributed by atoms with Crippen LogP contribution in [0.4, 0.5) is 5.69 Å². The molecule has 0 aromatic heterocycles. The van der Waals surface area contributed by atoms with E-state index in [0.29, 0.717) is 28.6 Å². The number of rotatable bonds is 5. The lowest BCUT2D eigenvalue weighted by atomic mass is 9.72. The van der Waals surface area contributed by atoms with Crippen molar-refractivity contribution in [3.63, 3.8) is 0 Å². The average Bonchev–Trinajstić information content (AvgIpc) is 2.62. The largest absolute Gasteiger partial charge is 0.349 e.